The van der Waals surface area contributed by atoms with E-state index in [9.17, 15) is 14.4 Å². The van der Waals surface area contributed by atoms with Crippen molar-refractivity contribution in [1.29, 1.82) is 0 Å². The molecule has 0 spiro atoms. The molecule has 0 aromatic heterocycles. The quantitative estimate of drug-likeness (QED) is 0.0262. The van der Waals surface area contributed by atoms with E-state index in [0.29, 0.717) is 19.3 Å². The maximum Gasteiger partial charge on any atom is 0.306 e. The molecule has 0 rings (SSSR count). The highest BCUT2D eigenvalue weighted by Gasteiger charge is 2.19. The van der Waals surface area contributed by atoms with Crippen molar-refractivity contribution in [2.24, 2.45) is 0 Å². The molecule has 0 amide bonds. The first kappa shape index (κ1) is 59.6. The number of allylic oxidation sites excluding steroid dienone is 14. The average molecular weight is 877 g/mol. The van der Waals surface area contributed by atoms with E-state index < -0.39 is 6.10 Å². The van der Waals surface area contributed by atoms with E-state index in [2.05, 4.69) is 106 Å². The molecule has 0 aliphatic carbocycles. The van der Waals surface area contributed by atoms with Crippen LogP contribution in [0.2, 0.25) is 0 Å². The van der Waals surface area contributed by atoms with E-state index in [4.69, 9.17) is 14.2 Å². The summed E-state index contributed by atoms with van der Waals surface area (Å²) in [5.41, 5.74) is 0. The molecular weight excluding hydrogens is 781 g/mol. The Hall–Kier alpha value is -3.41. The zero-order valence-electron chi connectivity index (χ0n) is 41.1. The molecular formula is C57H96O6. The minimum Gasteiger partial charge on any atom is -0.462 e. The Balaban J connectivity index is 4.41. The van der Waals surface area contributed by atoms with Gasteiger partial charge in [0.05, 0.1) is 0 Å². The maximum absolute atomic E-state index is 12.8. The Morgan fingerprint density at radius 2 is 0.635 bits per heavy atom. The summed E-state index contributed by atoms with van der Waals surface area (Å²) < 4.78 is 16.7. The lowest BCUT2D eigenvalue weighted by Crippen LogP contribution is -2.30. The third-order valence-electron chi connectivity index (χ3n) is 10.9. The van der Waals surface area contributed by atoms with Gasteiger partial charge < -0.3 is 14.2 Å². The maximum atomic E-state index is 12.8. The number of esters is 3. The van der Waals surface area contributed by atoms with Crippen molar-refractivity contribution in [1.82, 2.24) is 0 Å². The van der Waals surface area contributed by atoms with Crippen LogP contribution in [-0.4, -0.2) is 37.2 Å². The fourth-order valence-corrected chi connectivity index (χ4v) is 6.98. The van der Waals surface area contributed by atoms with Crippen molar-refractivity contribution in [3.8, 4) is 0 Å². The van der Waals surface area contributed by atoms with Gasteiger partial charge in [-0.1, -0.05) is 215 Å². The molecule has 0 saturated carbocycles. The van der Waals surface area contributed by atoms with Gasteiger partial charge in [0.25, 0.3) is 0 Å². The molecule has 360 valence electrons. The number of ether oxygens (including phenoxy) is 3. The van der Waals surface area contributed by atoms with Gasteiger partial charge in [0.1, 0.15) is 13.2 Å². The van der Waals surface area contributed by atoms with Crippen LogP contribution < -0.4 is 0 Å². The predicted molar refractivity (Wildman–Crippen MR) is 270 cm³/mol. The second-order valence-electron chi connectivity index (χ2n) is 17.1. The highest BCUT2D eigenvalue weighted by molar-refractivity contribution is 5.71. The average Bonchev–Trinajstić information content (AvgIpc) is 3.28. The van der Waals surface area contributed by atoms with E-state index >= 15 is 0 Å². The number of rotatable bonds is 46. The van der Waals surface area contributed by atoms with E-state index in [1.165, 1.54) is 109 Å². The van der Waals surface area contributed by atoms with Gasteiger partial charge in [-0.25, -0.2) is 0 Å². The van der Waals surface area contributed by atoms with E-state index in [1.807, 2.05) is 0 Å². The summed E-state index contributed by atoms with van der Waals surface area (Å²) in [6.07, 6.45) is 65.8. The van der Waals surface area contributed by atoms with Gasteiger partial charge in [-0.3, -0.25) is 14.4 Å². The highest BCUT2D eigenvalue weighted by Crippen LogP contribution is 2.14. The molecule has 0 aromatic rings. The predicted octanol–water partition coefficient (Wildman–Crippen LogP) is 17.2. The Morgan fingerprint density at radius 1 is 0.333 bits per heavy atom. The topological polar surface area (TPSA) is 78.9 Å². The number of hydrogen-bond acceptors (Lipinski definition) is 6. The van der Waals surface area contributed by atoms with Crippen LogP contribution >= 0.6 is 0 Å². The molecule has 0 bridgehead atoms. The van der Waals surface area contributed by atoms with Gasteiger partial charge in [0, 0.05) is 19.3 Å². The van der Waals surface area contributed by atoms with Gasteiger partial charge in [0.2, 0.25) is 0 Å². The summed E-state index contributed by atoms with van der Waals surface area (Å²) >= 11 is 0. The minimum absolute atomic E-state index is 0.0996. The number of hydrogen-bond donors (Lipinski definition) is 0. The minimum atomic E-state index is -0.805. The molecule has 0 aromatic carbocycles. The van der Waals surface area contributed by atoms with Crippen LogP contribution in [0.25, 0.3) is 0 Å². The zero-order chi connectivity index (χ0) is 45.8. The first-order valence-corrected chi connectivity index (χ1v) is 26.1. The largest absolute Gasteiger partial charge is 0.462 e. The normalized spacial score (nSPS) is 12.7. The van der Waals surface area contributed by atoms with Crippen molar-refractivity contribution in [3.63, 3.8) is 0 Å². The Labute approximate surface area is 388 Å². The van der Waals surface area contributed by atoms with Crippen LogP contribution in [-0.2, 0) is 28.6 Å². The molecule has 1 atom stereocenters. The molecule has 0 saturated heterocycles. The number of carbonyl (C=O) groups excluding carboxylic acids is 3. The highest BCUT2D eigenvalue weighted by atomic mass is 16.6. The van der Waals surface area contributed by atoms with Crippen LogP contribution in [0, 0.1) is 0 Å². The smallest absolute Gasteiger partial charge is 0.306 e. The van der Waals surface area contributed by atoms with Crippen molar-refractivity contribution in [2.45, 2.75) is 245 Å². The Morgan fingerprint density at radius 3 is 1.05 bits per heavy atom. The molecule has 0 aliphatic rings. The van der Waals surface area contributed by atoms with Crippen molar-refractivity contribution in [3.05, 3.63) is 85.1 Å². The van der Waals surface area contributed by atoms with Gasteiger partial charge in [-0.2, -0.15) is 0 Å². The fourth-order valence-electron chi connectivity index (χ4n) is 6.98. The SMILES string of the molecule is CC/C=C\C/C=C\C/C=C\C/C=C\C/C=C\CCCC(=O)OC(COC(=O)CCCCCCCCCCC)COC(=O)CCCCCCCCCCC/C=C\C/C=C\CCCCC. The molecule has 0 fully saturated rings. The van der Waals surface area contributed by atoms with Gasteiger partial charge in [-0.15, -0.1) is 0 Å². The Bertz CT molecular complexity index is 1240. The third-order valence-corrected chi connectivity index (χ3v) is 10.9. The van der Waals surface area contributed by atoms with Crippen molar-refractivity contribution < 1.29 is 28.6 Å². The second-order valence-corrected chi connectivity index (χ2v) is 17.1. The van der Waals surface area contributed by atoms with Crippen LogP contribution in [0.15, 0.2) is 85.1 Å². The number of unbranched alkanes of at least 4 members (excludes halogenated alkanes) is 21. The third kappa shape index (κ3) is 49.5. The molecule has 0 heterocycles. The second kappa shape index (κ2) is 51.2. The lowest BCUT2D eigenvalue weighted by Gasteiger charge is -2.18. The summed E-state index contributed by atoms with van der Waals surface area (Å²) in [4.78, 5) is 37.9. The van der Waals surface area contributed by atoms with Gasteiger partial charge >= 0.3 is 17.9 Å². The molecule has 0 radical (unpaired) electrons. The van der Waals surface area contributed by atoms with Gasteiger partial charge in [-0.05, 0) is 89.9 Å². The lowest BCUT2D eigenvalue weighted by atomic mass is 10.1. The fraction of sp³-hybridized carbons (Fsp3) is 0.702. The molecule has 6 heteroatoms. The molecule has 1 unspecified atom stereocenters. The molecule has 0 aliphatic heterocycles. The summed E-state index contributed by atoms with van der Waals surface area (Å²) in [5, 5.41) is 0. The van der Waals surface area contributed by atoms with Crippen LogP contribution in [0.5, 0.6) is 0 Å². The van der Waals surface area contributed by atoms with Crippen LogP contribution in [0.3, 0.4) is 0 Å². The van der Waals surface area contributed by atoms with Crippen molar-refractivity contribution in [2.75, 3.05) is 13.2 Å². The Kier molecular flexibility index (Phi) is 48.5. The monoisotopic (exact) mass is 877 g/mol. The molecule has 0 N–H and O–H groups in total. The molecule has 6 nitrogen and oxygen atoms in total. The standard InChI is InChI=1S/C57H96O6/c1-4-7-10-13-16-19-21-23-25-27-28-30-31-33-35-38-41-44-47-50-56(59)62-53-54(52-61-55(58)49-46-43-40-37-18-15-12-9-6-3)63-57(60)51-48-45-42-39-36-34-32-29-26-24-22-20-17-14-11-8-5-2/h8,11,16-17,19-20,23-26,32,34,39,42,54H,4-7,9-10,12-15,18,21-22,27-31,33,35-38,40-41,43-53H2,1-3H3/b11-8-,19-16-,20-17-,25-23-,26-24-,34-32-,42-39-. The zero-order valence-corrected chi connectivity index (χ0v) is 41.1. The van der Waals surface area contributed by atoms with Gasteiger partial charge in [0.15, 0.2) is 6.10 Å². The summed E-state index contributed by atoms with van der Waals surface area (Å²) in [5.74, 6) is -0.966. The molecule has 63 heavy (non-hydrogen) atoms. The summed E-state index contributed by atoms with van der Waals surface area (Å²) in [6, 6.07) is 0. The summed E-state index contributed by atoms with van der Waals surface area (Å²) in [6.45, 7) is 6.43. The first-order chi connectivity index (χ1) is 31.0. The van der Waals surface area contributed by atoms with E-state index in [0.717, 1.165) is 83.5 Å². The van der Waals surface area contributed by atoms with E-state index in [1.54, 1.807) is 0 Å². The van der Waals surface area contributed by atoms with Crippen LogP contribution in [0.4, 0.5) is 0 Å². The first-order valence-electron chi connectivity index (χ1n) is 26.1. The van der Waals surface area contributed by atoms with E-state index in [-0.39, 0.29) is 37.5 Å². The lowest BCUT2D eigenvalue weighted by molar-refractivity contribution is -0.167. The number of carbonyl (C=O) groups is 3. The van der Waals surface area contributed by atoms with Crippen molar-refractivity contribution >= 4 is 17.9 Å². The summed E-state index contributed by atoms with van der Waals surface area (Å²) in [7, 11) is 0. The van der Waals surface area contributed by atoms with Crippen LogP contribution in [0.1, 0.15) is 239 Å².